The third-order valence-corrected chi connectivity index (χ3v) is 6.75. The minimum absolute atomic E-state index is 0.318. The molecule has 1 atom stereocenters. The number of rotatable bonds is 6. The molecule has 0 spiro atoms. The van der Waals surface area contributed by atoms with Gasteiger partial charge in [-0.25, -0.2) is 9.37 Å². The van der Waals surface area contributed by atoms with Gasteiger partial charge in [0.05, 0.1) is 13.2 Å². The van der Waals surface area contributed by atoms with Crippen molar-refractivity contribution in [1.29, 1.82) is 0 Å². The molecule has 0 bridgehead atoms. The number of halogens is 1. The third-order valence-electron chi connectivity index (χ3n) is 6.75. The zero-order chi connectivity index (χ0) is 25.2. The maximum Gasteiger partial charge on any atom is 0.303 e. The number of aryl methyl sites for hydroxylation is 1. The predicted octanol–water partition coefficient (Wildman–Crippen LogP) is 4.95. The first-order chi connectivity index (χ1) is 17.4. The van der Waals surface area contributed by atoms with E-state index in [1.54, 1.807) is 12.3 Å². The average molecular weight is 492 g/mol. The minimum Gasteiger partial charge on any atom is -0.489 e. The molecule has 0 radical (unpaired) electrons. The summed E-state index contributed by atoms with van der Waals surface area (Å²) in [6.45, 7) is 8.85. The summed E-state index contributed by atoms with van der Waals surface area (Å²) in [6, 6.07) is 11.5. The number of esters is 1. The average Bonchev–Trinajstić information content (AvgIpc) is 3.25. The van der Waals surface area contributed by atoms with Crippen LogP contribution in [0.5, 0.6) is 5.75 Å². The molecule has 3 heterocycles. The summed E-state index contributed by atoms with van der Waals surface area (Å²) < 4.78 is 31.5. The molecule has 0 unspecified atom stereocenters. The smallest absolute Gasteiger partial charge is 0.303 e. The van der Waals surface area contributed by atoms with Gasteiger partial charge in [0.1, 0.15) is 12.4 Å². The van der Waals surface area contributed by atoms with Crippen molar-refractivity contribution >= 4 is 17.5 Å². The summed E-state index contributed by atoms with van der Waals surface area (Å²) in [4.78, 5) is 17.7. The van der Waals surface area contributed by atoms with Crippen molar-refractivity contribution < 1.29 is 23.4 Å². The summed E-state index contributed by atoms with van der Waals surface area (Å²) in [5.74, 6) is 0.455. The Hall–Kier alpha value is -3.65. The fraction of sp³-hybridized carbons (Fsp3) is 0.357. The Bertz CT molecular complexity index is 1290. The molecule has 1 saturated heterocycles. The molecule has 1 fully saturated rings. The topological polar surface area (TPSA) is 72.9 Å². The van der Waals surface area contributed by atoms with Gasteiger partial charge in [-0.1, -0.05) is 12.1 Å². The standard InChI is InChI=1S/C28H30FN3O4/c1-17-4-5-20(14-30-22-6-7-23-25(13-22)35-16-26(23)36-19(3)33)18(2)27(17)21-12-24(29)28(31-15-21)32-8-10-34-11-9-32/h4-7,12-13,15,26,30H,8-11,14,16H2,1-3H3/t26-/m1/s1. The van der Waals surface area contributed by atoms with Gasteiger partial charge in [-0.2, -0.15) is 0 Å². The van der Waals surface area contributed by atoms with Crippen LogP contribution in [0.25, 0.3) is 11.1 Å². The van der Waals surface area contributed by atoms with Crippen molar-refractivity contribution in [2.24, 2.45) is 0 Å². The Morgan fingerprint density at radius 3 is 2.75 bits per heavy atom. The van der Waals surface area contributed by atoms with Gasteiger partial charge in [-0.05, 0) is 54.3 Å². The number of hydrogen-bond donors (Lipinski definition) is 1. The molecule has 2 aliphatic heterocycles. The molecule has 5 rings (SSSR count). The quantitative estimate of drug-likeness (QED) is 0.489. The van der Waals surface area contributed by atoms with Gasteiger partial charge >= 0.3 is 5.97 Å². The lowest BCUT2D eigenvalue weighted by molar-refractivity contribution is -0.147. The largest absolute Gasteiger partial charge is 0.489 e. The zero-order valence-electron chi connectivity index (χ0n) is 20.8. The number of nitrogens with one attached hydrogen (secondary N) is 1. The number of fused-ring (bicyclic) bond motifs is 1. The van der Waals surface area contributed by atoms with Crippen molar-refractivity contribution in [3.8, 4) is 16.9 Å². The molecule has 0 saturated carbocycles. The Labute approximate surface area is 210 Å². The first-order valence-corrected chi connectivity index (χ1v) is 12.2. The highest BCUT2D eigenvalue weighted by Gasteiger charge is 2.27. The Morgan fingerprint density at radius 2 is 2.00 bits per heavy atom. The van der Waals surface area contributed by atoms with Crippen molar-refractivity contribution in [2.45, 2.75) is 33.4 Å². The first-order valence-electron chi connectivity index (χ1n) is 12.2. The normalized spacial score (nSPS) is 16.9. The van der Waals surface area contributed by atoms with Crippen LogP contribution in [0.1, 0.15) is 35.3 Å². The predicted molar refractivity (Wildman–Crippen MR) is 136 cm³/mol. The fourth-order valence-corrected chi connectivity index (χ4v) is 4.89. The van der Waals surface area contributed by atoms with Crippen LogP contribution in [0.3, 0.4) is 0 Å². The molecule has 8 heteroatoms. The number of morpholine rings is 1. The van der Waals surface area contributed by atoms with Crippen LogP contribution in [-0.4, -0.2) is 43.9 Å². The van der Waals surface area contributed by atoms with Crippen molar-refractivity contribution in [3.63, 3.8) is 0 Å². The lowest BCUT2D eigenvalue weighted by Crippen LogP contribution is -2.37. The number of nitrogens with zero attached hydrogens (tertiary/aromatic N) is 2. The van der Waals surface area contributed by atoms with E-state index in [9.17, 15) is 4.79 Å². The van der Waals surface area contributed by atoms with Gasteiger partial charge in [0.15, 0.2) is 17.7 Å². The Balaban J connectivity index is 1.34. The number of pyridine rings is 1. The number of anilines is 2. The molecule has 36 heavy (non-hydrogen) atoms. The van der Waals surface area contributed by atoms with Crippen molar-refractivity contribution in [2.75, 3.05) is 43.1 Å². The third kappa shape index (κ3) is 4.86. The number of aromatic nitrogens is 1. The number of carbonyl (C=O) groups is 1. The van der Waals surface area contributed by atoms with Gasteiger partial charge in [0, 0.05) is 55.6 Å². The van der Waals surface area contributed by atoms with Crippen molar-refractivity contribution in [3.05, 3.63) is 70.7 Å². The van der Waals surface area contributed by atoms with E-state index in [1.165, 1.54) is 6.92 Å². The van der Waals surface area contributed by atoms with E-state index in [4.69, 9.17) is 14.2 Å². The molecule has 2 aliphatic rings. The van der Waals surface area contributed by atoms with Crippen LogP contribution < -0.4 is 15.0 Å². The number of hydrogen-bond acceptors (Lipinski definition) is 7. The highest BCUT2D eigenvalue weighted by atomic mass is 19.1. The maximum absolute atomic E-state index is 15.1. The maximum atomic E-state index is 15.1. The summed E-state index contributed by atoms with van der Waals surface area (Å²) in [7, 11) is 0. The first kappa shape index (κ1) is 24.1. The molecular formula is C28H30FN3O4. The van der Waals surface area contributed by atoms with Gasteiger partial charge in [-0.15, -0.1) is 0 Å². The lowest BCUT2D eigenvalue weighted by Gasteiger charge is -2.28. The van der Waals surface area contributed by atoms with Crippen molar-refractivity contribution in [1.82, 2.24) is 4.98 Å². The van der Waals surface area contributed by atoms with E-state index < -0.39 is 0 Å². The summed E-state index contributed by atoms with van der Waals surface area (Å²) >= 11 is 0. The summed E-state index contributed by atoms with van der Waals surface area (Å²) in [5, 5.41) is 3.45. The van der Waals surface area contributed by atoms with Crippen LogP contribution in [0.15, 0.2) is 42.6 Å². The zero-order valence-corrected chi connectivity index (χ0v) is 20.8. The summed E-state index contributed by atoms with van der Waals surface area (Å²) in [6.07, 6.45) is 1.40. The SMILES string of the molecule is CC(=O)O[C@@H]1COc2cc(NCc3ccc(C)c(-c4cnc(N5CCOCC5)c(F)c4)c3C)ccc21. The second-order valence-electron chi connectivity index (χ2n) is 9.19. The molecule has 1 N–H and O–H groups in total. The summed E-state index contributed by atoms with van der Waals surface area (Å²) in [5.41, 5.74) is 6.79. The van der Waals surface area contributed by atoms with E-state index in [1.807, 2.05) is 30.0 Å². The van der Waals surface area contributed by atoms with Crippen LogP contribution >= 0.6 is 0 Å². The van der Waals surface area contributed by atoms with E-state index in [0.29, 0.717) is 45.3 Å². The molecule has 0 aliphatic carbocycles. The van der Waals surface area contributed by atoms with E-state index in [2.05, 4.69) is 29.4 Å². The molecule has 1 aromatic heterocycles. The van der Waals surface area contributed by atoms with E-state index in [0.717, 1.165) is 44.8 Å². The Kier molecular flexibility index (Phi) is 6.78. The molecule has 3 aromatic rings. The Morgan fingerprint density at radius 1 is 1.19 bits per heavy atom. The second-order valence-corrected chi connectivity index (χ2v) is 9.19. The highest BCUT2D eigenvalue weighted by Crippen LogP contribution is 2.37. The minimum atomic E-state index is -0.364. The van der Waals surface area contributed by atoms with Crippen LogP contribution in [-0.2, 0) is 20.8 Å². The van der Waals surface area contributed by atoms with Crippen LogP contribution in [0, 0.1) is 19.7 Å². The van der Waals surface area contributed by atoms with Gasteiger partial charge in [0.25, 0.3) is 0 Å². The number of benzene rings is 2. The fourth-order valence-electron chi connectivity index (χ4n) is 4.89. The van der Waals surface area contributed by atoms with Gasteiger partial charge in [-0.3, -0.25) is 4.79 Å². The second kappa shape index (κ2) is 10.1. The lowest BCUT2D eigenvalue weighted by atomic mass is 9.93. The van der Waals surface area contributed by atoms with Gasteiger partial charge < -0.3 is 24.4 Å². The number of carbonyl (C=O) groups excluding carboxylic acids is 1. The molecule has 188 valence electrons. The molecule has 2 aromatic carbocycles. The van der Waals surface area contributed by atoms with E-state index in [-0.39, 0.29) is 17.9 Å². The van der Waals surface area contributed by atoms with E-state index >= 15 is 4.39 Å². The molecular weight excluding hydrogens is 461 g/mol. The highest BCUT2D eigenvalue weighted by molar-refractivity contribution is 5.73. The van der Waals surface area contributed by atoms with Gasteiger partial charge in [0.2, 0.25) is 0 Å². The molecule has 7 nitrogen and oxygen atoms in total. The van der Waals surface area contributed by atoms with Crippen LogP contribution in [0.2, 0.25) is 0 Å². The molecule has 0 amide bonds. The monoisotopic (exact) mass is 491 g/mol. The number of ether oxygens (including phenoxy) is 3. The van der Waals surface area contributed by atoms with Crippen LogP contribution in [0.4, 0.5) is 15.9 Å².